The zero-order valence-corrected chi connectivity index (χ0v) is 16.4. The first-order valence-corrected chi connectivity index (χ1v) is 9.95. The summed E-state index contributed by atoms with van der Waals surface area (Å²) in [5.74, 6) is 0.0584. The van der Waals surface area contributed by atoms with Gasteiger partial charge in [0.1, 0.15) is 10.8 Å². The van der Waals surface area contributed by atoms with E-state index in [-0.39, 0.29) is 0 Å². The third kappa shape index (κ3) is 4.47. The van der Waals surface area contributed by atoms with Crippen molar-refractivity contribution in [1.29, 1.82) is 0 Å². The number of thiazole rings is 1. The van der Waals surface area contributed by atoms with Gasteiger partial charge in [0.2, 0.25) is 0 Å². The molecule has 0 bridgehead atoms. The number of hydrogen-bond donors (Lipinski definition) is 0. The lowest BCUT2D eigenvalue weighted by atomic mass is 10.0. The van der Waals surface area contributed by atoms with Crippen LogP contribution in [0, 0.1) is 0 Å². The van der Waals surface area contributed by atoms with Gasteiger partial charge < -0.3 is 4.74 Å². The summed E-state index contributed by atoms with van der Waals surface area (Å²) in [5.41, 5.74) is 2.90. The van der Waals surface area contributed by atoms with Gasteiger partial charge in [0.05, 0.1) is 10.2 Å². The van der Waals surface area contributed by atoms with Crippen LogP contribution in [0.5, 0.6) is 5.75 Å². The second kappa shape index (κ2) is 8.38. The van der Waals surface area contributed by atoms with Crippen LogP contribution in [0.25, 0.3) is 16.3 Å². The first-order valence-electron chi connectivity index (χ1n) is 8.75. The van der Waals surface area contributed by atoms with Gasteiger partial charge in [0.15, 0.2) is 0 Å². The predicted molar refractivity (Wildman–Crippen MR) is 115 cm³/mol. The van der Waals surface area contributed by atoms with Gasteiger partial charge in [0, 0.05) is 23.1 Å². The van der Waals surface area contributed by atoms with Crippen molar-refractivity contribution >= 4 is 45.2 Å². The summed E-state index contributed by atoms with van der Waals surface area (Å²) in [4.78, 5) is 16.8. The molecule has 0 radical (unpaired) electrons. The van der Waals surface area contributed by atoms with Crippen molar-refractivity contribution in [1.82, 2.24) is 4.98 Å². The molecule has 5 heteroatoms. The lowest BCUT2D eigenvalue weighted by Gasteiger charge is -2.10. The molecule has 0 saturated carbocycles. The summed E-state index contributed by atoms with van der Waals surface area (Å²) in [6, 6.07) is 23.1. The van der Waals surface area contributed by atoms with E-state index in [0.29, 0.717) is 17.2 Å². The molecule has 3 nitrogen and oxygen atoms in total. The van der Waals surface area contributed by atoms with Crippen molar-refractivity contribution in [2.45, 2.75) is 6.42 Å². The standard InChI is InChI=1S/C23H16ClNO2S/c24-18-10-11-20(17(15-18)14-16-6-2-1-3-7-16)27-23(26)13-12-22-25-19-8-4-5-9-21(19)28-22/h1-13,15H,14H2. The number of nitrogens with zero attached hydrogens (tertiary/aromatic N) is 1. The van der Waals surface area contributed by atoms with E-state index in [9.17, 15) is 4.79 Å². The van der Waals surface area contributed by atoms with Crippen LogP contribution in [-0.2, 0) is 11.2 Å². The Labute approximate surface area is 171 Å². The van der Waals surface area contributed by atoms with Crippen LogP contribution >= 0.6 is 22.9 Å². The van der Waals surface area contributed by atoms with Crippen LogP contribution in [0.2, 0.25) is 5.02 Å². The highest BCUT2D eigenvalue weighted by molar-refractivity contribution is 7.19. The fourth-order valence-corrected chi connectivity index (χ4v) is 3.91. The molecule has 0 N–H and O–H groups in total. The molecule has 28 heavy (non-hydrogen) atoms. The van der Waals surface area contributed by atoms with Gasteiger partial charge in [0.25, 0.3) is 0 Å². The molecule has 1 aromatic heterocycles. The molecule has 0 spiro atoms. The summed E-state index contributed by atoms with van der Waals surface area (Å²) in [6.45, 7) is 0. The molecule has 0 aliphatic rings. The second-order valence-corrected chi connectivity index (χ2v) is 7.69. The highest BCUT2D eigenvalue weighted by Gasteiger charge is 2.10. The number of esters is 1. The molecule has 4 aromatic rings. The number of aromatic nitrogens is 1. The van der Waals surface area contributed by atoms with Crippen LogP contribution in [0.15, 0.2) is 78.9 Å². The molecule has 0 unspecified atom stereocenters. The molecule has 0 saturated heterocycles. The van der Waals surface area contributed by atoms with E-state index in [4.69, 9.17) is 16.3 Å². The first-order chi connectivity index (χ1) is 13.7. The number of para-hydroxylation sites is 1. The van der Waals surface area contributed by atoms with E-state index in [1.807, 2.05) is 60.7 Å². The Morgan fingerprint density at radius 2 is 1.82 bits per heavy atom. The Hall–Kier alpha value is -2.95. The maximum atomic E-state index is 12.3. The Morgan fingerprint density at radius 3 is 2.64 bits per heavy atom. The number of fused-ring (bicyclic) bond motifs is 1. The smallest absolute Gasteiger partial charge is 0.336 e. The fraction of sp³-hybridized carbons (Fsp3) is 0.0435. The topological polar surface area (TPSA) is 39.2 Å². The first kappa shape index (κ1) is 18.4. The average Bonchev–Trinajstić information content (AvgIpc) is 3.12. The van der Waals surface area contributed by atoms with Gasteiger partial charge in [-0.1, -0.05) is 54.1 Å². The molecule has 3 aromatic carbocycles. The van der Waals surface area contributed by atoms with Crippen LogP contribution in [0.4, 0.5) is 0 Å². The van der Waals surface area contributed by atoms with Gasteiger partial charge >= 0.3 is 5.97 Å². The fourth-order valence-electron chi connectivity index (χ4n) is 2.84. The number of ether oxygens (including phenoxy) is 1. The molecule has 138 valence electrons. The Morgan fingerprint density at radius 1 is 1.04 bits per heavy atom. The van der Waals surface area contributed by atoms with Gasteiger partial charge in [-0.3, -0.25) is 0 Å². The quantitative estimate of drug-likeness (QED) is 0.227. The molecule has 0 amide bonds. The minimum absolute atomic E-state index is 0.448. The third-order valence-electron chi connectivity index (χ3n) is 4.14. The van der Waals surface area contributed by atoms with Gasteiger partial charge in [-0.2, -0.15) is 0 Å². The average molecular weight is 406 g/mol. The highest BCUT2D eigenvalue weighted by Crippen LogP contribution is 2.26. The Kier molecular flexibility index (Phi) is 5.51. The van der Waals surface area contributed by atoms with E-state index < -0.39 is 5.97 Å². The Bertz CT molecular complexity index is 1120. The van der Waals surface area contributed by atoms with Crippen LogP contribution in [-0.4, -0.2) is 11.0 Å². The molecule has 4 rings (SSSR count). The summed E-state index contributed by atoms with van der Waals surface area (Å²) in [7, 11) is 0. The predicted octanol–water partition coefficient (Wildman–Crippen LogP) is 6.16. The minimum Gasteiger partial charge on any atom is -0.423 e. The summed E-state index contributed by atoms with van der Waals surface area (Å²) >= 11 is 7.67. The highest BCUT2D eigenvalue weighted by atomic mass is 35.5. The summed E-state index contributed by atoms with van der Waals surface area (Å²) in [5, 5.41) is 1.37. The number of benzene rings is 3. The molecule has 0 aliphatic carbocycles. The monoisotopic (exact) mass is 405 g/mol. The zero-order valence-electron chi connectivity index (χ0n) is 14.8. The largest absolute Gasteiger partial charge is 0.423 e. The number of rotatable bonds is 5. The number of halogens is 1. The van der Waals surface area contributed by atoms with E-state index in [1.165, 1.54) is 17.4 Å². The molecular weight excluding hydrogens is 390 g/mol. The molecule has 0 fully saturated rings. The normalized spacial score (nSPS) is 11.2. The van der Waals surface area contributed by atoms with Gasteiger partial charge in [-0.05, 0) is 42.0 Å². The van der Waals surface area contributed by atoms with E-state index >= 15 is 0 Å². The zero-order chi connectivity index (χ0) is 19.3. The van der Waals surface area contributed by atoms with Crippen molar-refractivity contribution in [2.24, 2.45) is 0 Å². The lowest BCUT2D eigenvalue weighted by molar-refractivity contribution is -0.128. The lowest BCUT2D eigenvalue weighted by Crippen LogP contribution is -2.06. The van der Waals surface area contributed by atoms with Crippen LogP contribution in [0.1, 0.15) is 16.1 Å². The number of carbonyl (C=O) groups excluding carboxylic acids is 1. The minimum atomic E-state index is -0.448. The third-order valence-corrected chi connectivity index (χ3v) is 5.38. The SMILES string of the molecule is O=C(C=Cc1nc2ccccc2s1)Oc1ccc(Cl)cc1Cc1ccccc1. The van der Waals surface area contributed by atoms with Crippen molar-refractivity contribution < 1.29 is 9.53 Å². The van der Waals surface area contributed by atoms with Crippen molar-refractivity contribution in [2.75, 3.05) is 0 Å². The summed E-state index contributed by atoms with van der Waals surface area (Å²) < 4.78 is 6.64. The van der Waals surface area contributed by atoms with E-state index in [2.05, 4.69) is 4.98 Å². The molecular formula is C23H16ClNO2S. The van der Waals surface area contributed by atoms with Crippen molar-refractivity contribution in [3.63, 3.8) is 0 Å². The molecule has 0 aliphatic heterocycles. The van der Waals surface area contributed by atoms with E-state index in [0.717, 1.165) is 26.4 Å². The summed E-state index contributed by atoms with van der Waals surface area (Å²) in [6.07, 6.45) is 3.71. The van der Waals surface area contributed by atoms with Crippen molar-refractivity contribution in [3.05, 3.63) is 100 Å². The van der Waals surface area contributed by atoms with Crippen molar-refractivity contribution in [3.8, 4) is 5.75 Å². The van der Waals surface area contributed by atoms with E-state index in [1.54, 1.807) is 18.2 Å². The maximum Gasteiger partial charge on any atom is 0.336 e. The maximum absolute atomic E-state index is 12.3. The van der Waals surface area contributed by atoms with Gasteiger partial charge in [-0.25, -0.2) is 9.78 Å². The molecule has 0 atom stereocenters. The second-order valence-electron chi connectivity index (χ2n) is 6.19. The number of carbonyl (C=O) groups is 1. The molecule has 1 heterocycles. The van der Waals surface area contributed by atoms with Crippen LogP contribution < -0.4 is 4.74 Å². The number of hydrogen-bond acceptors (Lipinski definition) is 4. The van der Waals surface area contributed by atoms with Gasteiger partial charge in [-0.15, -0.1) is 11.3 Å². The Balaban J connectivity index is 1.50. The van der Waals surface area contributed by atoms with Crippen LogP contribution in [0.3, 0.4) is 0 Å².